The van der Waals surface area contributed by atoms with Gasteiger partial charge >= 0.3 is 0 Å². The molecule has 0 saturated carbocycles. The Hall–Kier alpha value is -5.89. The molecule has 0 aliphatic heterocycles. The maximum Gasteiger partial charge on any atom is 0.248 e. The van der Waals surface area contributed by atoms with Gasteiger partial charge in [-0.25, -0.2) is 4.39 Å². The molecule has 6 rings (SSSR count). The van der Waals surface area contributed by atoms with Crippen molar-refractivity contribution in [3.05, 3.63) is 201 Å². The number of nitrogens with two attached hydrogens (primary N) is 2. The highest BCUT2D eigenvalue weighted by molar-refractivity contribution is 5.98. The number of anilines is 2. The van der Waals surface area contributed by atoms with Crippen LogP contribution in [0.2, 0.25) is 0 Å². The predicted octanol–water partition coefficient (Wildman–Crippen LogP) is 9.61. The molecule has 7 heteroatoms. The monoisotopic (exact) mass is 748 g/mol. The van der Waals surface area contributed by atoms with Crippen LogP contribution in [0.1, 0.15) is 62.2 Å². The Morgan fingerprint density at radius 2 is 0.982 bits per heavy atom. The first kappa shape index (κ1) is 41.3. The molecule has 0 fully saturated rings. The summed E-state index contributed by atoms with van der Waals surface area (Å²) < 4.78 is 14.1. The van der Waals surface area contributed by atoms with Crippen molar-refractivity contribution in [3.63, 3.8) is 0 Å². The summed E-state index contributed by atoms with van der Waals surface area (Å²) in [6, 6.07) is 44.5. The minimum atomic E-state index is -0.775. The van der Waals surface area contributed by atoms with Crippen LogP contribution in [0.3, 0.4) is 0 Å². The Kier molecular flexibility index (Phi) is 14.5. The minimum Gasteiger partial charge on any atom is -0.316 e. The third-order valence-electron chi connectivity index (χ3n) is 10.3. The molecule has 56 heavy (non-hydrogen) atoms. The van der Waals surface area contributed by atoms with Gasteiger partial charge in [0, 0.05) is 24.5 Å². The molecular weight excluding hydrogens is 696 g/mol. The van der Waals surface area contributed by atoms with Crippen molar-refractivity contribution in [2.75, 3.05) is 22.9 Å². The summed E-state index contributed by atoms with van der Waals surface area (Å²) in [6.45, 7) is 11.2. The third-order valence-corrected chi connectivity index (χ3v) is 10.3. The SMILES string of the molecule is Cc1ccc(N(CCc2ccccc2F)C(=O)[C@@H](N)c2ccccc2)cc1C.Cc1cccc(CCN(C(=O)[C@@H](N)c2ccccc2)c2ccc(C)c(C)c2)c1. The van der Waals surface area contributed by atoms with Gasteiger partial charge in [0.1, 0.15) is 17.9 Å². The summed E-state index contributed by atoms with van der Waals surface area (Å²) in [5.74, 6) is -0.546. The summed E-state index contributed by atoms with van der Waals surface area (Å²) >= 11 is 0. The van der Waals surface area contributed by atoms with E-state index in [2.05, 4.69) is 57.2 Å². The van der Waals surface area contributed by atoms with Gasteiger partial charge in [0.05, 0.1) is 0 Å². The van der Waals surface area contributed by atoms with Gasteiger partial charge in [0.2, 0.25) is 11.8 Å². The maximum absolute atomic E-state index is 14.1. The molecule has 0 aromatic heterocycles. The van der Waals surface area contributed by atoms with E-state index in [1.54, 1.807) is 23.1 Å². The van der Waals surface area contributed by atoms with Crippen LogP contribution in [0.15, 0.2) is 146 Å². The van der Waals surface area contributed by atoms with Gasteiger partial charge in [-0.2, -0.15) is 0 Å². The van der Waals surface area contributed by atoms with Crippen molar-refractivity contribution in [1.82, 2.24) is 0 Å². The van der Waals surface area contributed by atoms with Crippen molar-refractivity contribution in [1.29, 1.82) is 0 Å². The largest absolute Gasteiger partial charge is 0.316 e. The smallest absolute Gasteiger partial charge is 0.248 e. The molecule has 0 aliphatic rings. The molecule has 4 N–H and O–H groups in total. The average molecular weight is 749 g/mol. The molecule has 0 saturated heterocycles. The molecule has 2 atom stereocenters. The zero-order valence-electron chi connectivity index (χ0n) is 33.1. The van der Waals surface area contributed by atoms with Crippen molar-refractivity contribution >= 4 is 23.2 Å². The van der Waals surface area contributed by atoms with Crippen LogP contribution in [-0.4, -0.2) is 24.9 Å². The van der Waals surface area contributed by atoms with Crippen molar-refractivity contribution in [3.8, 4) is 0 Å². The van der Waals surface area contributed by atoms with E-state index in [9.17, 15) is 14.0 Å². The first-order valence-electron chi connectivity index (χ1n) is 19.1. The summed E-state index contributed by atoms with van der Waals surface area (Å²) in [6.07, 6.45) is 1.19. The van der Waals surface area contributed by atoms with E-state index in [1.807, 2.05) is 104 Å². The van der Waals surface area contributed by atoms with E-state index >= 15 is 0 Å². The Morgan fingerprint density at radius 1 is 0.518 bits per heavy atom. The molecule has 0 bridgehead atoms. The van der Waals surface area contributed by atoms with Crippen LogP contribution in [0.5, 0.6) is 0 Å². The van der Waals surface area contributed by atoms with E-state index in [4.69, 9.17) is 11.5 Å². The molecule has 0 radical (unpaired) electrons. The second-order valence-electron chi connectivity index (χ2n) is 14.4. The first-order chi connectivity index (χ1) is 26.9. The summed E-state index contributed by atoms with van der Waals surface area (Å²) in [7, 11) is 0. The standard InChI is InChI=1S/C25H28N2O.C24H25FN2O/c1-18-8-7-9-21(16-18)14-15-27(23-13-12-19(2)20(3)17-23)25(28)24(26)22-10-5-4-6-11-22;1-17-12-13-21(16-18(17)2)27(15-14-19-8-6-7-11-22(19)25)24(28)23(26)20-9-4-3-5-10-20/h4-13,16-17,24H,14-15,26H2,1-3H3;3-13,16,23H,14-15,26H2,1-2H3/t24-;23-/m00/s1. The summed E-state index contributed by atoms with van der Waals surface area (Å²) in [4.78, 5) is 30.1. The van der Waals surface area contributed by atoms with Gasteiger partial charge < -0.3 is 21.3 Å². The molecule has 288 valence electrons. The van der Waals surface area contributed by atoms with E-state index < -0.39 is 12.1 Å². The van der Waals surface area contributed by atoms with Gasteiger partial charge in [0.15, 0.2) is 0 Å². The Morgan fingerprint density at radius 3 is 1.45 bits per heavy atom. The molecule has 2 amide bonds. The molecule has 0 heterocycles. The summed E-state index contributed by atoms with van der Waals surface area (Å²) in [5, 5.41) is 0. The number of rotatable bonds is 12. The number of hydrogen-bond acceptors (Lipinski definition) is 4. The molecule has 0 aliphatic carbocycles. The Balaban J connectivity index is 0.000000214. The Labute approximate surface area is 331 Å². The predicted molar refractivity (Wildman–Crippen MR) is 228 cm³/mol. The number of benzene rings is 6. The fraction of sp³-hybridized carbons (Fsp3) is 0.224. The van der Waals surface area contributed by atoms with Crippen LogP contribution in [0, 0.1) is 40.4 Å². The van der Waals surface area contributed by atoms with Crippen LogP contribution in [0.25, 0.3) is 0 Å². The Bertz CT molecular complexity index is 2220. The zero-order valence-corrected chi connectivity index (χ0v) is 33.1. The second-order valence-corrected chi connectivity index (χ2v) is 14.4. The third kappa shape index (κ3) is 10.9. The van der Waals surface area contributed by atoms with Crippen molar-refractivity contribution in [2.45, 2.75) is 59.5 Å². The lowest BCUT2D eigenvalue weighted by Crippen LogP contribution is -2.40. The number of aryl methyl sites for hydroxylation is 5. The van der Waals surface area contributed by atoms with E-state index in [0.717, 1.165) is 40.0 Å². The molecule has 6 aromatic carbocycles. The second kappa shape index (κ2) is 19.6. The molecule has 6 aromatic rings. The van der Waals surface area contributed by atoms with E-state index in [1.165, 1.54) is 28.3 Å². The van der Waals surface area contributed by atoms with Crippen LogP contribution in [-0.2, 0) is 22.4 Å². The number of carbonyl (C=O) groups excluding carboxylic acids is 2. The molecule has 0 unspecified atom stereocenters. The lowest BCUT2D eigenvalue weighted by molar-refractivity contribution is -0.120. The van der Waals surface area contributed by atoms with Gasteiger partial charge in [0.25, 0.3) is 0 Å². The van der Waals surface area contributed by atoms with Gasteiger partial charge in [-0.15, -0.1) is 0 Å². The van der Waals surface area contributed by atoms with E-state index in [0.29, 0.717) is 25.1 Å². The first-order valence-corrected chi connectivity index (χ1v) is 19.1. The fourth-order valence-electron chi connectivity index (χ4n) is 6.50. The highest BCUT2D eigenvalue weighted by atomic mass is 19.1. The molecule has 0 spiro atoms. The van der Waals surface area contributed by atoms with Crippen LogP contribution >= 0.6 is 0 Å². The summed E-state index contributed by atoms with van der Waals surface area (Å²) in [5.41, 5.74) is 23.5. The van der Waals surface area contributed by atoms with Gasteiger partial charge in [-0.3, -0.25) is 9.59 Å². The van der Waals surface area contributed by atoms with E-state index in [-0.39, 0.29) is 17.6 Å². The van der Waals surface area contributed by atoms with Crippen LogP contribution < -0.4 is 21.3 Å². The number of amides is 2. The topological polar surface area (TPSA) is 92.7 Å². The number of carbonyl (C=O) groups is 2. The number of hydrogen-bond donors (Lipinski definition) is 2. The maximum atomic E-state index is 14.1. The molecular formula is C49H53FN4O2. The normalized spacial score (nSPS) is 11.9. The fourth-order valence-corrected chi connectivity index (χ4v) is 6.50. The minimum absolute atomic E-state index is 0.0814. The van der Waals surface area contributed by atoms with Gasteiger partial charge in [-0.05, 0) is 122 Å². The highest BCUT2D eigenvalue weighted by Gasteiger charge is 2.25. The number of nitrogens with zero attached hydrogens (tertiary/aromatic N) is 2. The van der Waals surface area contributed by atoms with Crippen molar-refractivity contribution in [2.24, 2.45) is 11.5 Å². The zero-order chi connectivity index (χ0) is 40.2. The lowest BCUT2D eigenvalue weighted by atomic mass is 10.0. The molecule has 6 nitrogen and oxygen atoms in total. The van der Waals surface area contributed by atoms with Crippen LogP contribution in [0.4, 0.5) is 15.8 Å². The lowest BCUT2D eigenvalue weighted by Gasteiger charge is -2.27. The number of halogens is 1. The van der Waals surface area contributed by atoms with Crippen molar-refractivity contribution < 1.29 is 14.0 Å². The quantitative estimate of drug-likeness (QED) is 0.130. The highest BCUT2D eigenvalue weighted by Crippen LogP contribution is 2.25. The average Bonchev–Trinajstić information content (AvgIpc) is 3.21. The van der Waals surface area contributed by atoms with Gasteiger partial charge in [-0.1, -0.05) is 121 Å².